The molecular weight excluding hydrogens is 316 g/mol. The highest BCUT2D eigenvalue weighted by molar-refractivity contribution is 9.10. The Hall–Kier alpha value is -1.13. The van der Waals surface area contributed by atoms with E-state index in [1.807, 2.05) is 12.1 Å². The standard InChI is InChI=1S/C13H12BrClN2O/c1-2-4-12-16-11(14)8-13(17-12)18-10-6-3-5-9(15)7-10/h3,5-8H,2,4H2,1H3. The lowest BCUT2D eigenvalue weighted by atomic mass is 10.3. The maximum absolute atomic E-state index is 5.90. The summed E-state index contributed by atoms with van der Waals surface area (Å²) in [7, 11) is 0. The minimum atomic E-state index is 0.516. The maximum Gasteiger partial charge on any atom is 0.223 e. The highest BCUT2D eigenvalue weighted by atomic mass is 79.9. The lowest BCUT2D eigenvalue weighted by Gasteiger charge is -2.07. The van der Waals surface area contributed by atoms with Gasteiger partial charge in [0.25, 0.3) is 0 Å². The molecule has 0 atom stereocenters. The predicted octanol–water partition coefficient (Wildman–Crippen LogP) is 4.64. The molecule has 0 bridgehead atoms. The van der Waals surface area contributed by atoms with Gasteiger partial charge in [-0.25, -0.2) is 4.98 Å². The summed E-state index contributed by atoms with van der Waals surface area (Å²) in [6.07, 6.45) is 1.82. The van der Waals surface area contributed by atoms with E-state index in [0.29, 0.717) is 16.7 Å². The molecule has 0 unspecified atom stereocenters. The monoisotopic (exact) mass is 326 g/mol. The molecule has 2 aromatic rings. The second-order valence-electron chi connectivity index (χ2n) is 3.75. The fourth-order valence-corrected chi connectivity index (χ4v) is 2.06. The van der Waals surface area contributed by atoms with Crippen LogP contribution in [0.15, 0.2) is 34.9 Å². The number of hydrogen-bond acceptors (Lipinski definition) is 3. The molecule has 1 aromatic carbocycles. The lowest BCUT2D eigenvalue weighted by molar-refractivity contribution is 0.457. The largest absolute Gasteiger partial charge is 0.439 e. The van der Waals surface area contributed by atoms with Crippen molar-refractivity contribution in [2.75, 3.05) is 0 Å². The van der Waals surface area contributed by atoms with Gasteiger partial charge >= 0.3 is 0 Å². The molecule has 0 spiro atoms. The van der Waals surface area contributed by atoms with Crippen molar-refractivity contribution in [1.82, 2.24) is 9.97 Å². The molecule has 0 N–H and O–H groups in total. The first-order chi connectivity index (χ1) is 8.67. The summed E-state index contributed by atoms with van der Waals surface area (Å²) in [6, 6.07) is 8.95. The first-order valence-electron chi connectivity index (χ1n) is 5.64. The third-order valence-electron chi connectivity index (χ3n) is 2.21. The number of nitrogens with zero attached hydrogens (tertiary/aromatic N) is 2. The van der Waals surface area contributed by atoms with Crippen LogP contribution in [0.3, 0.4) is 0 Å². The molecule has 0 aliphatic heterocycles. The second kappa shape index (κ2) is 6.16. The fourth-order valence-electron chi connectivity index (χ4n) is 1.48. The van der Waals surface area contributed by atoms with Crippen LogP contribution < -0.4 is 4.74 Å². The van der Waals surface area contributed by atoms with Crippen LogP contribution in [0.25, 0.3) is 0 Å². The van der Waals surface area contributed by atoms with Crippen molar-refractivity contribution in [2.45, 2.75) is 19.8 Å². The number of aryl methyl sites for hydroxylation is 1. The smallest absolute Gasteiger partial charge is 0.223 e. The van der Waals surface area contributed by atoms with Crippen LogP contribution in [0, 0.1) is 0 Å². The average Bonchev–Trinajstić information content (AvgIpc) is 2.28. The van der Waals surface area contributed by atoms with Crippen molar-refractivity contribution in [2.24, 2.45) is 0 Å². The Morgan fingerprint density at radius 3 is 2.83 bits per heavy atom. The molecule has 5 heteroatoms. The van der Waals surface area contributed by atoms with Crippen LogP contribution in [-0.4, -0.2) is 9.97 Å². The SMILES string of the molecule is CCCc1nc(Br)cc(Oc2cccc(Cl)c2)n1. The highest BCUT2D eigenvalue weighted by Gasteiger charge is 2.05. The van der Waals surface area contributed by atoms with E-state index >= 15 is 0 Å². The number of aromatic nitrogens is 2. The normalized spacial score (nSPS) is 10.4. The molecule has 0 amide bonds. The third kappa shape index (κ3) is 3.68. The Bertz CT molecular complexity index is 548. The van der Waals surface area contributed by atoms with Crippen LogP contribution in [0.4, 0.5) is 0 Å². The van der Waals surface area contributed by atoms with Gasteiger partial charge in [0.1, 0.15) is 16.2 Å². The quantitative estimate of drug-likeness (QED) is 0.767. The summed E-state index contributed by atoms with van der Waals surface area (Å²) in [6.45, 7) is 2.09. The third-order valence-corrected chi connectivity index (χ3v) is 2.85. The molecule has 94 valence electrons. The number of benzene rings is 1. The van der Waals surface area contributed by atoms with E-state index in [0.717, 1.165) is 23.3 Å². The van der Waals surface area contributed by atoms with E-state index in [1.54, 1.807) is 18.2 Å². The summed E-state index contributed by atoms with van der Waals surface area (Å²) in [5.41, 5.74) is 0. The molecule has 0 radical (unpaired) electrons. The zero-order valence-electron chi connectivity index (χ0n) is 9.86. The summed E-state index contributed by atoms with van der Waals surface area (Å²) >= 11 is 9.25. The molecule has 1 aromatic heterocycles. The van der Waals surface area contributed by atoms with E-state index in [4.69, 9.17) is 16.3 Å². The number of halogens is 2. The zero-order chi connectivity index (χ0) is 13.0. The Kier molecular flexibility index (Phi) is 4.55. The summed E-state index contributed by atoms with van der Waals surface area (Å²) in [4.78, 5) is 8.62. The molecular formula is C13H12BrClN2O. The molecule has 0 fully saturated rings. The second-order valence-corrected chi connectivity index (χ2v) is 5.00. The summed E-state index contributed by atoms with van der Waals surface area (Å²) in [5.74, 6) is 1.95. The lowest BCUT2D eigenvalue weighted by Crippen LogP contribution is -1.97. The van der Waals surface area contributed by atoms with Crippen molar-refractivity contribution < 1.29 is 4.74 Å². The molecule has 0 aliphatic carbocycles. The van der Waals surface area contributed by atoms with Crippen LogP contribution in [0.1, 0.15) is 19.2 Å². The van der Waals surface area contributed by atoms with Gasteiger partial charge in [0.05, 0.1) is 0 Å². The predicted molar refractivity (Wildman–Crippen MR) is 75.3 cm³/mol. The van der Waals surface area contributed by atoms with Gasteiger partial charge in [-0.2, -0.15) is 4.98 Å². The van der Waals surface area contributed by atoms with Gasteiger partial charge in [-0.05, 0) is 40.5 Å². The van der Waals surface area contributed by atoms with E-state index in [9.17, 15) is 0 Å². The Balaban J connectivity index is 2.23. The first kappa shape index (κ1) is 13.3. The number of rotatable bonds is 4. The van der Waals surface area contributed by atoms with Gasteiger partial charge in [0.2, 0.25) is 5.88 Å². The van der Waals surface area contributed by atoms with Crippen LogP contribution in [0.2, 0.25) is 5.02 Å². The number of ether oxygens (including phenoxy) is 1. The minimum Gasteiger partial charge on any atom is -0.439 e. The average molecular weight is 328 g/mol. The number of hydrogen-bond donors (Lipinski definition) is 0. The summed E-state index contributed by atoms with van der Waals surface area (Å²) in [5, 5.41) is 0.634. The van der Waals surface area contributed by atoms with Crippen molar-refractivity contribution >= 4 is 27.5 Å². The minimum absolute atomic E-state index is 0.516. The molecule has 0 saturated heterocycles. The maximum atomic E-state index is 5.90. The van der Waals surface area contributed by atoms with Gasteiger partial charge in [0, 0.05) is 17.5 Å². The van der Waals surface area contributed by atoms with E-state index < -0.39 is 0 Å². The molecule has 2 rings (SSSR count). The highest BCUT2D eigenvalue weighted by Crippen LogP contribution is 2.24. The van der Waals surface area contributed by atoms with Crippen molar-refractivity contribution in [3.63, 3.8) is 0 Å². The zero-order valence-corrected chi connectivity index (χ0v) is 12.2. The first-order valence-corrected chi connectivity index (χ1v) is 6.81. The van der Waals surface area contributed by atoms with Crippen LogP contribution in [-0.2, 0) is 6.42 Å². The van der Waals surface area contributed by atoms with Gasteiger partial charge in [-0.3, -0.25) is 0 Å². The van der Waals surface area contributed by atoms with E-state index in [2.05, 4.69) is 32.8 Å². The molecule has 3 nitrogen and oxygen atoms in total. The Labute approximate surface area is 119 Å². The van der Waals surface area contributed by atoms with Crippen molar-refractivity contribution in [3.8, 4) is 11.6 Å². The van der Waals surface area contributed by atoms with Crippen LogP contribution >= 0.6 is 27.5 Å². The fraction of sp³-hybridized carbons (Fsp3) is 0.231. The molecule has 0 saturated carbocycles. The summed E-state index contributed by atoms with van der Waals surface area (Å²) < 4.78 is 6.38. The van der Waals surface area contributed by atoms with Gasteiger partial charge < -0.3 is 4.74 Å². The van der Waals surface area contributed by atoms with Gasteiger partial charge in [-0.15, -0.1) is 0 Å². The Morgan fingerprint density at radius 2 is 2.11 bits per heavy atom. The molecule has 1 heterocycles. The van der Waals surface area contributed by atoms with E-state index in [-0.39, 0.29) is 0 Å². The topological polar surface area (TPSA) is 35.0 Å². The van der Waals surface area contributed by atoms with Gasteiger partial charge in [0.15, 0.2) is 0 Å². The Morgan fingerprint density at radius 1 is 1.28 bits per heavy atom. The van der Waals surface area contributed by atoms with Crippen molar-refractivity contribution in [3.05, 3.63) is 45.8 Å². The molecule has 0 aliphatic rings. The molecule has 18 heavy (non-hydrogen) atoms. The van der Waals surface area contributed by atoms with Crippen LogP contribution in [0.5, 0.6) is 11.6 Å². The van der Waals surface area contributed by atoms with Gasteiger partial charge in [-0.1, -0.05) is 24.6 Å². The van der Waals surface area contributed by atoms with Crippen molar-refractivity contribution in [1.29, 1.82) is 0 Å². The van der Waals surface area contributed by atoms with E-state index in [1.165, 1.54) is 0 Å².